The molecule has 1 saturated carbocycles. The highest BCUT2D eigenvalue weighted by atomic mass is 16.3. The fourth-order valence-electron chi connectivity index (χ4n) is 5.80. The number of benzene rings is 2. The molecule has 1 fully saturated rings. The molecule has 2 amide bonds. The summed E-state index contributed by atoms with van der Waals surface area (Å²) in [7, 11) is 0. The van der Waals surface area contributed by atoms with Crippen LogP contribution in [0.25, 0.3) is 21.8 Å². The Morgan fingerprint density at radius 2 is 1.71 bits per heavy atom. The zero-order chi connectivity index (χ0) is 26.1. The van der Waals surface area contributed by atoms with Crippen molar-refractivity contribution in [2.45, 2.75) is 57.8 Å². The van der Waals surface area contributed by atoms with Crippen LogP contribution in [-0.4, -0.2) is 27.3 Å². The van der Waals surface area contributed by atoms with Crippen LogP contribution < -0.4 is 5.32 Å². The van der Waals surface area contributed by atoms with E-state index in [9.17, 15) is 9.59 Å². The lowest BCUT2D eigenvalue weighted by Crippen LogP contribution is -2.45. The Labute approximate surface area is 221 Å². The maximum atomic E-state index is 14.0. The van der Waals surface area contributed by atoms with E-state index in [4.69, 9.17) is 8.83 Å². The van der Waals surface area contributed by atoms with Gasteiger partial charge in [0.15, 0.2) is 5.76 Å². The van der Waals surface area contributed by atoms with E-state index in [0.29, 0.717) is 5.76 Å². The molecule has 1 N–H and O–H groups in total. The van der Waals surface area contributed by atoms with Crippen molar-refractivity contribution in [3.63, 3.8) is 0 Å². The van der Waals surface area contributed by atoms with Gasteiger partial charge < -0.3 is 23.6 Å². The van der Waals surface area contributed by atoms with Crippen LogP contribution in [0.15, 0.2) is 88.1 Å². The Balaban J connectivity index is 1.49. The van der Waals surface area contributed by atoms with Gasteiger partial charge in [-0.25, -0.2) is 0 Å². The SMILES string of the molecule is CCn1c2ccccc2c2cc([C@H](C(=O)NC3CCCC3)N(Cc3ccco3)C(=O)c3ccco3)ccc21. The summed E-state index contributed by atoms with van der Waals surface area (Å²) in [4.78, 5) is 29.4. The van der Waals surface area contributed by atoms with E-state index < -0.39 is 6.04 Å². The average molecular weight is 510 g/mol. The summed E-state index contributed by atoms with van der Waals surface area (Å²) < 4.78 is 13.4. The predicted octanol–water partition coefficient (Wildman–Crippen LogP) is 6.44. The van der Waals surface area contributed by atoms with Gasteiger partial charge in [0.2, 0.25) is 5.91 Å². The summed E-state index contributed by atoms with van der Waals surface area (Å²) >= 11 is 0. The van der Waals surface area contributed by atoms with Gasteiger partial charge in [0.25, 0.3) is 5.91 Å². The zero-order valence-electron chi connectivity index (χ0n) is 21.4. The van der Waals surface area contributed by atoms with Crippen LogP contribution in [0.3, 0.4) is 0 Å². The van der Waals surface area contributed by atoms with Crippen molar-refractivity contribution in [2.24, 2.45) is 0 Å². The number of aromatic nitrogens is 1. The summed E-state index contributed by atoms with van der Waals surface area (Å²) in [5, 5.41) is 5.42. The highest BCUT2D eigenvalue weighted by molar-refractivity contribution is 6.08. The lowest BCUT2D eigenvalue weighted by Gasteiger charge is -2.31. The van der Waals surface area contributed by atoms with Gasteiger partial charge in [0.05, 0.1) is 19.1 Å². The van der Waals surface area contributed by atoms with Crippen molar-refractivity contribution in [1.29, 1.82) is 0 Å². The number of fused-ring (bicyclic) bond motifs is 3. The fourth-order valence-corrected chi connectivity index (χ4v) is 5.80. The summed E-state index contributed by atoms with van der Waals surface area (Å²) in [6, 6.07) is 20.5. The molecule has 0 bridgehead atoms. The van der Waals surface area contributed by atoms with Gasteiger partial charge in [0, 0.05) is 34.4 Å². The number of hydrogen-bond acceptors (Lipinski definition) is 4. The van der Waals surface area contributed by atoms with E-state index in [2.05, 4.69) is 41.1 Å². The molecule has 1 atom stereocenters. The van der Waals surface area contributed by atoms with Crippen molar-refractivity contribution in [3.05, 3.63) is 96.3 Å². The van der Waals surface area contributed by atoms with E-state index in [1.165, 1.54) is 6.26 Å². The minimum atomic E-state index is -0.869. The quantitative estimate of drug-likeness (QED) is 0.261. The molecule has 3 heterocycles. The second-order valence-electron chi connectivity index (χ2n) is 9.92. The molecule has 1 aliphatic rings. The number of carbonyl (C=O) groups excluding carboxylic acids is 2. The van der Waals surface area contributed by atoms with E-state index in [1.54, 1.807) is 29.4 Å². The van der Waals surface area contributed by atoms with Crippen molar-refractivity contribution >= 4 is 33.6 Å². The molecule has 0 radical (unpaired) electrons. The molecule has 194 valence electrons. The van der Waals surface area contributed by atoms with Gasteiger partial charge >= 0.3 is 0 Å². The molecule has 2 aromatic carbocycles. The summed E-state index contributed by atoms with van der Waals surface area (Å²) in [6.45, 7) is 3.09. The maximum absolute atomic E-state index is 14.0. The van der Waals surface area contributed by atoms with Gasteiger partial charge in [0.1, 0.15) is 11.8 Å². The summed E-state index contributed by atoms with van der Waals surface area (Å²) in [5.41, 5.74) is 2.99. The summed E-state index contributed by atoms with van der Waals surface area (Å²) in [5.74, 6) is 0.210. The molecule has 0 saturated heterocycles. The van der Waals surface area contributed by atoms with Gasteiger partial charge in [-0.2, -0.15) is 0 Å². The topological polar surface area (TPSA) is 80.6 Å². The molecule has 38 heavy (non-hydrogen) atoms. The van der Waals surface area contributed by atoms with E-state index in [0.717, 1.165) is 59.6 Å². The maximum Gasteiger partial charge on any atom is 0.290 e. The normalized spacial score (nSPS) is 14.8. The first-order chi connectivity index (χ1) is 18.6. The van der Waals surface area contributed by atoms with Crippen LogP contribution in [0.4, 0.5) is 0 Å². The van der Waals surface area contributed by atoms with Crippen molar-refractivity contribution in [1.82, 2.24) is 14.8 Å². The number of rotatable bonds is 8. The van der Waals surface area contributed by atoms with Gasteiger partial charge in [-0.15, -0.1) is 0 Å². The lowest BCUT2D eigenvalue weighted by molar-refractivity contribution is -0.126. The first-order valence-corrected chi connectivity index (χ1v) is 13.3. The van der Waals surface area contributed by atoms with Gasteiger partial charge in [-0.1, -0.05) is 37.1 Å². The predicted molar refractivity (Wildman–Crippen MR) is 146 cm³/mol. The molecule has 5 aromatic rings. The molecule has 6 rings (SSSR count). The van der Waals surface area contributed by atoms with Crippen LogP contribution in [0.1, 0.15) is 60.5 Å². The molecular formula is C31H31N3O4. The zero-order valence-corrected chi connectivity index (χ0v) is 21.4. The first kappa shape index (κ1) is 24.1. The number of aryl methyl sites for hydroxylation is 1. The number of furan rings is 2. The Morgan fingerprint density at radius 1 is 0.947 bits per heavy atom. The minimum Gasteiger partial charge on any atom is -0.467 e. The smallest absolute Gasteiger partial charge is 0.290 e. The number of nitrogens with one attached hydrogen (secondary N) is 1. The largest absolute Gasteiger partial charge is 0.467 e. The van der Waals surface area contributed by atoms with Crippen LogP contribution >= 0.6 is 0 Å². The molecule has 1 aliphatic carbocycles. The van der Waals surface area contributed by atoms with Gasteiger partial charge in [-0.3, -0.25) is 9.59 Å². The number of amides is 2. The van der Waals surface area contributed by atoms with E-state index in [1.807, 2.05) is 24.3 Å². The van der Waals surface area contributed by atoms with E-state index >= 15 is 0 Å². The van der Waals surface area contributed by atoms with E-state index in [-0.39, 0.29) is 30.2 Å². The second-order valence-corrected chi connectivity index (χ2v) is 9.92. The Morgan fingerprint density at radius 3 is 2.45 bits per heavy atom. The molecule has 3 aromatic heterocycles. The monoisotopic (exact) mass is 509 g/mol. The standard InChI is InChI=1S/C31H31N3O4/c1-2-33-26-13-6-5-12-24(26)25-19-21(15-16-27(25)33)29(30(35)32-22-9-3-4-10-22)34(20-23-11-7-17-37-23)31(36)28-14-8-18-38-28/h5-8,11-19,22,29H,2-4,9-10,20H2,1H3,(H,32,35)/t29-/m1/s1. The van der Waals surface area contributed by atoms with Crippen LogP contribution in [0.2, 0.25) is 0 Å². The van der Waals surface area contributed by atoms with Gasteiger partial charge in [-0.05, 0) is 67.8 Å². The van der Waals surface area contributed by atoms with Crippen molar-refractivity contribution in [2.75, 3.05) is 0 Å². The Kier molecular flexibility index (Phi) is 6.50. The van der Waals surface area contributed by atoms with Crippen molar-refractivity contribution < 1.29 is 18.4 Å². The number of nitrogens with zero attached hydrogens (tertiary/aromatic N) is 2. The number of carbonyl (C=O) groups is 2. The Bertz CT molecular complexity index is 1560. The van der Waals surface area contributed by atoms with Crippen LogP contribution in [0, 0.1) is 0 Å². The molecule has 7 heteroatoms. The molecule has 0 unspecified atom stereocenters. The fraction of sp³-hybridized carbons (Fsp3) is 0.290. The molecule has 0 spiro atoms. The van der Waals surface area contributed by atoms with Crippen molar-refractivity contribution in [3.8, 4) is 0 Å². The minimum absolute atomic E-state index is 0.111. The van der Waals surface area contributed by atoms with Crippen LogP contribution in [-0.2, 0) is 17.9 Å². The average Bonchev–Trinajstić information content (AvgIpc) is 3.75. The highest BCUT2D eigenvalue weighted by Gasteiger charge is 2.35. The van der Waals surface area contributed by atoms with Crippen LogP contribution in [0.5, 0.6) is 0 Å². The number of para-hydroxylation sites is 1. The summed E-state index contributed by atoms with van der Waals surface area (Å²) in [6.07, 6.45) is 7.14. The third-order valence-electron chi connectivity index (χ3n) is 7.59. The molecule has 0 aliphatic heterocycles. The third-order valence-corrected chi connectivity index (χ3v) is 7.59. The third kappa shape index (κ3) is 4.38. The number of hydrogen-bond donors (Lipinski definition) is 1. The molecular weight excluding hydrogens is 478 g/mol. The first-order valence-electron chi connectivity index (χ1n) is 13.3. The highest BCUT2D eigenvalue weighted by Crippen LogP contribution is 2.34. The lowest BCUT2D eigenvalue weighted by atomic mass is 10.00. The Hall–Kier alpha value is -4.26. The second kappa shape index (κ2) is 10.2. The molecule has 7 nitrogen and oxygen atoms in total.